The number of pyridine rings is 1. The van der Waals surface area contributed by atoms with Crippen LogP contribution in [-0.4, -0.2) is 29.6 Å². The van der Waals surface area contributed by atoms with Gasteiger partial charge in [0.05, 0.1) is 5.69 Å². The highest BCUT2D eigenvalue weighted by molar-refractivity contribution is 6.32. The summed E-state index contributed by atoms with van der Waals surface area (Å²) in [5.74, 6) is -0.535. The maximum absolute atomic E-state index is 12.1. The lowest BCUT2D eigenvalue weighted by molar-refractivity contribution is -0.155. The Labute approximate surface area is 151 Å². The molecule has 0 radical (unpaired) electrons. The molecule has 1 aromatic heterocycles. The quantitative estimate of drug-likeness (QED) is 0.630. The fourth-order valence-electron chi connectivity index (χ4n) is 2.02. The second-order valence-electron chi connectivity index (χ2n) is 5.45. The lowest BCUT2D eigenvalue weighted by Gasteiger charge is -2.15. The second-order valence-corrected chi connectivity index (χ2v) is 5.81. The van der Waals surface area contributed by atoms with E-state index < -0.39 is 18.0 Å². The zero-order valence-electron chi connectivity index (χ0n) is 14.2. The van der Waals surface area contributed by atoms with Gasteiger partial charge in [0, 0.05) is 6.20 Å². The molecule has 132 valence electrons. The van der Waals surface area contributed by atoms with Crippen molar-refractivity contribution in [3.63, 3.8) is 0 Å². The molecule has 0 fully saturated rings. The summed E-state index contributed by atoms with van der Waals surface area (Å²) in [5.41, 5.74) is 2.36. The average Bonchev–Trinajstić information content (AvgIpc) is 2.58. The summed E-state index contributed by atoms with van der Waals surface area (Å²) in [6, 6.07) is 8.81. The SMILES string of the molecule is Cc1cccc(OCC(=O)O[C@@H](C)C(=O)Nc2cccnc2Cl)c1C. The monoisotopic (exact) mass is 362 g/mol. The predicted molar refractivity (Wildman–Crippen MR) is 94.8 cm³/mol. The summed E-state index contributed by atoms with van der Waals surface area (Å²) in [4.78, 5) is 27.8. The number of hydrogen-bond acceptors (Lipinski definition) is 5. The molecule has 1 N–H and O–H groups in total. The van der Waals surface area contributed by atoms with Crippen molar-refractivity contribution in [2.75, 3.05) is 11.9 Å². The van der Waals surface area contributed by atoms with E-state index in [0.29, 0.717) is 11.4 Å². The Morgan fingerprint density at radius 1 is 1.24 bits per heavy atom. The van der Waals surface area contributed by atoms with E-state index in [1.165, 1.54) is 13.1 Å². The van der Waals surface area contributed by atoms with Gasteiger partial charge in [-0.25, -0.2) is 9.78 Å². The second kappa shape index (κ2) is 8.48. The first-order valence-corrected chi connectivity index (χ1v) is 8.06. The number of halogens is 1. The number of aryl methyl sites for hydroxylation is 1. The number of nitrogens with one attached hydrogen (secondary N) is 1. The molecule has 0 bridgehead atoms. The molecule has 25 heavy (non-hydrogen) atoms. The van der Waals surface area contributed by atoms with Crippen molar-refractivity contribution >= 4 is 29.2 Å². The summed E-state index contributed by atoms with van der Waals surface area (Å²) in [6.07, 6.45) is 0.512. The molecule has 0 saturated heterocycles. The van der Waals surface area contributed by atoms with Crippen molar-refractivity contribution in [3.05, 3.63) is 52.8 Å². The molecular formula is C18H19ClN2O4. The molecule has 6 nitrogen and oxygen atoms in total. The zero-order chi connectivity index (χ0) is 18.4. The first-order chi connectivity index (χ1) is 11.9. The highest BCUT2D eigenvalue weighted by Crippen LogP contribution is 2.20. The van der Waals surface area contributed by atoms with Gasteiger partial charge in [-0.15, -0.1) is 0 Å². The number of ether oxygens (including phenoxy) is 2. The van der Waals surface area contributed by atoms with Crippen LogP contribution in [-0.2, 0) is 14.3 Å². The molecule has 7 heteroatoms. The van der Waals surface area contributed by atoms with Crippen LogP contribution in [0.2, 0.25) is 5.15 Å². The largest absolute Gasteiger partial charge is 0.482 e. The fraction of sp³-hybridized carbons (Fsp3) is 0.278. The van der Waals surface area contributed by atoms with Crippen LogP contribution >= 0.6 is 11.6 Å². The molecule has 1 atom stereocenters. The Hall–Kier alpha value is -2.60. The summed E-state index contributed by atoms with van der Waals surface area (Å²) in [6.45, 7) is 5.05. The molecule has 0 saturated carbocycles. The number of esters is 1. The molecule has 1 heterocycles. The molecular weight excluding hydrogens is 344 g/mol. The predicted octanol–water partition coefficient (Wildman–Crippen LogP) is 3.30. The molecule has 0 aliphatic rings. The minimum Gasteiger partial charge on any atom is -0.482 e. The van der Waals surface area contributed by atoms with E-state index in [-0.39, 0.29) is 11.8 Å². The van der Waals surface area contributed by atoms with Gasteiger partial charge in [-0.05, 0) is 50.1 Å². The highest BCUT2D eigenvalue weighted by atomic mass is 35.5. The van der Waals surface area contributed by atoms with E-state index in [9.17, 15) is 9.59 Å². The van der Waals surface area contributed by atoms with Crippen molar-refractivity contribution < 1.29 is 19.1 Å². The molecule has 1 amide bonds. The number of anilines is 1. The number of nitrogens with zero attached hydrogens (tertiary/aromatic N) is 1. The number of hydrogen-bond donors (Lipinski definition) is 1. The van der Waals surface area contributed by atoms with Crippen LogP contribution in [0.3, 0.4) is 0 Å². The lowest BCUT2D eigenvalue weighted by atomic mass is 10.1. The van der Waals surface area contributed by atoms with Crippen molar-refractivity contribution in [1.82, 2.24) is 4.98 Å². The Kier molecular flexibility index (Phi) is 6.36. The van der Waals surface area contributed by atoms with Crippen LogP contribution in [0.25, 0.3) is 0 Å². The van der Waals surface area contributed by atoms with E-state index in [1.54, 1.807) is 18.2 Å². The Morgan fingerprint density at radius 3 is 2.72 bits per heavy atom. The first-order valence-electron chi connectivity index (χ1n) is 7.68. The Balaban J connectivity index is 1.86. The van der Waals surface area contributed by atoms with Gasteiger partial charge in [0.2, 0.25) is 0 Å². The van der Waals surface area contributed by atoms with Crippen molar-refractivity contribution in [3.8, 4) is 5.75 Å². The summed E-state index contributed by atoms with van der Waals surface area (Å²) >= 11 is 5.87. The third-order valence-electron chi connectivity index (χ3n) is 3.59. The van der Waals surface area contributed by atoms with Gasteiger partial charge in [0.25, 0.3) is 5.91 Å². The number of carbonyl (C=O) groups is 2. The van der Waals surface area contributed by atoms with Crippen molar-refractivity contribution in [2.24, 2.45) is 0 Å². The lowest BCUT2D eigenvalue weighted by Crippen LogP contribution is -2.31. The third kappa shape index (κ3) is 5.19. The molecule has 0 spiro atoms. The van der Waals surface area contributed by atoms with Crippen LogP contribution in [0.1, 0.15) is 18.1 Å². The molecule has 2 aromatic rings. The van der Waals surface area contributed by atoms with Crippen LogP contribution in [0, 0.1) is 13.8 Å². The fourth-order valence-corrected chi connectivity index (χ4v) is 2.18. The number of carbonyl (C=O) groups excluding carboxylic acids is 2. The highest BCUT2D eigenvalue weighted by Gasteiger charge is 2.19. The molecule has 0 unspecified atom stereocenters. The summed E-state index contributed by atoms with van der Waals surface area (Å²) in [5, 5.41) is 2.71. The van der Waals surface area contributed by atoms with Gasteiger partial charge < -0.3 is 14.8 Å². The standard InChI is InChI=1S/C18H19ClN2O4/c1-11-6-4-8-15(12(11)2)24-10-16(22)25-13(3)18(23)21-14-7-5-9-20-17(14)19/h4-9,13H,10H2,1-3H3,(H,21,23)/t13-/m0/s1. The minimum atomic E-state index is -0.994. The zero-order valence-corrected chi connectivity index (χ0v) is 15.0. The Bertz CT molecular complexity index is 779. The van der Waals surface area contributed by atoms with Crippen LogP contribution in [0.5, 0.6) is 5.75 Å². The normalized spacial score (nSPS) is 11.5. The number of rotatable bonds is 6. The van der Waals surface area contributed by atoms with Crippen LogP contribution in [0.4, 0.5) is 5.69 Å². The topological polar surface area (TPSA) is 77.5 Å². The Morgan fingerprint density at radius 2 is 2.00 bits per heavy atom. The molecule has 0 aliphatic heterocycles. The molecule has 0 aliphatic carbocycles. The van der Waals surface area contributed by atoms with Gasteiger partial charge >= 0.3 is 5.97 Å². The summed E-state index contributed by atoms with van der Waals surface area (Å²) < 4.78 is 10.5. The number of aromatic nitrogens is 1. The van der Waals surface area contributed by atoms with Gasteiger partial charge in [-0.2, -0.15) is 0 Å². The molecule has 2 rings (SSSR count). The number of benzene rings is 1. The third-order valence-corrected chi connectivity index (χ3v) is 3.90. The smallest absolute Gasteiger partial charge is 0.344 e. The van der Waals surface area contributed by atoms with Crippen molar-refractivity contribution in [2.45, 2.75) is 26.9 Å². The van der Waals surface area contributed by atoms with E-state index in [2.05, 4.69) is 10.3 Å². The van der Waals surface area contributed by atoms with Gasteiger partial charge in [-0.3, -0.25) is 4.79 Å². The summed E-state index contributed by atoms with van der Waals surface area (Å²) in [7, 11) is 0. The van der Waals surface area contributed by atoms with Crippen molar-refractivity contribution in [1.29, 1.82) is 0 Å². The van der Waals surface area contributed by atoms with E-state index in [0.717, 1.165) is 11.1 Å². The average molecular weight is 363 g/mol. The van der Waals surface area contributed by atoms with Crippen LogP contribution < -0.4 is 10.1 Å². The number of amides is 1. The van der Waals surface area contributed by atoms with Gasteiger partial charge in [0.15, 0.2) is 17.9 Å². The molecule has 1 aromatic carbocycles. The van der Waals surface area contributed by atoms with Crippen LogP contribution in [0.15, 0.2) is 36.5 Å². The van der Waals surface area contributed by atoms with Gasteiger partial charge in [-0.1, -0.05) is 23.7 Å². The van der Waals surface area contributed by atoms with E-state index in [4.69, 9.17) is 21.1 Å². The minimum absolute atomic E-state index is 0.160. The van der Waals surface area contributed by atoms with E-state index in [1.807, 2.05) is 26.0 Å². The van der Waals surface area contributed by atoms with E-state index >= 15 is 0 Å². The first kappa shape index (κ1) is 18.7. The van der Waals surface area contributed by atoms with Gasteiger partial charge in [0.1, 0.15) is 5.75 Å². The maximum atomic E-state index is 12.1. The maximum Gasteiger partial charge on any atom is 0.344 e.